The minimum atomic E-state index is 0.0407. The molecule has 4 aromatic rings. The van der Waals surface area contributed by atoms with Crippen LogP contribution in [-0.2, 0) is 6.61 Å². The van der Waals surface area contributed by atoms with Crippen LogP contribution in [0.2, 0.25) is 0 Å². The van der Waals surface area contributed by atoms with Crippen LogP contribution in [0.25, 0.3) is 0 Å². The van der Waals surface area contributed by atoms with Crippen LogP contribution in [0.15, 0.2) is 97.1 Å². The molecule has 0 unspecified atom stereocenters. The van der Waals surface area contributed by atoms with Crippen molar-refractivity contribution in [3.8, 4) is 5.75 Å². The van der Waals surface area contributed by atoms with E-state index in [9.17, 15) is 0 Å². The molecule has 0 amide bonds. The molecule has 0 fully saturated rings. The van der Waals surface area contributed by atoms with Crippen LogP contribution in [0.1, 0.15) is 42.0 Å². The maximum Gasteiger partial charge on any atom is 0.126 e. The molecular weight excluding hydrogens is 466 g/mol. The fraction of sp³-hybridized carbons (Fsp3) is 0.294. The van der Waals surface area contributed by atoms with Crippen molar-refractivity contribution in [1.29, 1.82) is 0 Å². The lowest BCUT2D eigenvalue weighted by molar-refractivity contribution is 0.302. The summed E-state index contributed by atoms with van der Waals surface area (Å²) in [6.07, 6.45) is 0. The summed E-state index contributed by atoms with van der Waals surface area (Å²) in [5.41, 5.74) is 8.38. The topological polar surface area (TPSA) is 19.0 Å². The summed E-state index contributed by atoms with van der Waals surface area (Å²) >= 11 is 0. The lowest BCUT2D eigenvalue weighted by Gasteiger charge is -2.26. The molecular formula is C34H41N3O. The number of benzene rings is 4. The van der Waals surface area contributed by atoms with Crippen molar-refractivity contribution in [1.82, 2.24) is 0 Å². The maximum absolute atomic E-state index is 6.61. The largest absolute Gasteiger partial charge is 0.489 e. The molecule has 4 rings (SSSR count). The molecule has 0 aliphatic heterocycles. The Morgan fingerprint density at radius 2 is 1.11 bits per heavy atom. The predicted molar refractivity (Wildman–Crippen MR) is 163 cm³/mol. The van der Waals surface area contributed by atoms with Gasteiger partial charge < -0.3 is 19.4 Å². The minimum absolute atomic E-state index is 0.0407. The summed E-state index contributed by atoms with van der Waals surface area (Å²) in [7, 11) is 8.31. The third-order valence-electron chi connectivity index (χ3n) is 7.16. The molecule has 0 atom stereocenters. The molecule has 4 aromatic carbocycles. The molecule has 0 N–H and O–H groups in total. The van der Waals surface area contributed by atoms with E-state index in [4.69, 9.17) is 4.74 Å². The highest BCUT2D eigenvalue weighted by molar-refractivity contribution is 5.60. The van der Waals surface area contributed by atoms with Gasteiger partial charge in [0.25, 0.3) is 0 Å². The lowest BCUT2D eigenvalue weighted by Crippen LogP contribution is -2.22. The monoisotopic (exact) mass is 507 g/mol. The van der Waals surface area contributed by atoms with Crippen LogP contribution in [-0.4, -0.2) is 41.3 Å². The molecule has 0 saturated heterocycles. The number of hydrogen-bond acceptors (Lipinski definition) is 4. The van der Waals surface area contributed by atoms with Gasteiger partial charge >= 0.3 is 0 Å². The van der Waals surface area contributed by atoms with Gasteiger partial charge in [-0.05, 0) is 60.9 Å². The predicted octanol–water partition coefficient (Wildman–Crippen LogP) is 7.42. The average molecular weight is 508 g/mol. The van der Waals surface area contributed by atoms with Crippen molar-refractivity contribution in [2.45, 2.75) is 26.4 Å². The number of anilines is 3. The Kier molecular flexibility index (Phi) is 8.96. The molecule has 0 aliphatic carbocycles. The van der Waals surface area contributed by atoms with E-state index in [1.807, 2.05) is 6.07 Å². The van der Waals surface area contributed by atoms with Crippen LogP contribution >= 0.6 is 0 Å². The SMILES string of the molecule is CCN(CC)c1ccc(C(c2ccc(N(C)C)cc2)c2ccc(N(C)C)cc2)c(OCc2ccccc2)c1. The number of ether oxygens (including phenoxy) is 1. The quantitative estimate of drug-likeness (QED) is 0.197. The first-order valence-electron chi connectivity index (χ1n) is 13.5. The molecule has 198 valence electrons. The first kappa shape index (κ1) is 27.1. The van der Waals surface area contributed by atoms with Crippen LogP contribution in [0, 0.1) is 0 Å². The molecule has 4 heteroatoms. The standard InChI is InChI=1S/C34H41N3O/c1-7-37(8-2)31-22-23-32(33(24-31)38-25-26-12-10-9-11-13-26)34(27-14-18-29(19-15-27)35(3)4)28-16-20-30(21-17-28)36(5)6/h9-24,34H,7-8,25H2,1-6H3. The average Bonchev–Trinajstić information content (AvgIpc) is 2.94. The van der Waals surface area contributed by atoms with E-state index in [0.717, 1.165) is 24.4 Å². The third kappa shape index (κ3) is 6.31. The zero-order valence-electron chi connectivity index (χ0n) is 23.7. The van der Waals surface area contributed by atoms with Crippen molar-refractivity contribution in [2.75, 3.05) is 56.0 Å². The summed E-state index contributed by atoms with van der Waals surface area (Å²) < 4.78 is 6.61. The normalized spacial score (nSPS) is 10.9. The molecule has 0 aliphatic rings. The highest BCUT2D eigenvalue weighted by atomic mass is 16.5. The summed E-state index contributed by atoms with van der Waals surface area (Å²) in [6.45, 7) is 6.83. The van der Waals surface area contributed by atoms with E-state index in [0.29, 0.717) is 6.61 Å². The third-order valence-corrected chi connectivity index (χ3v) is 7.16. The van der Waals surface area contributed by atoms with E-state index in [2.05, 4.69) is 148 Å². The Labute approximate surface area is 229 Å². The van der Waals surface area contributed by atoms with Gasteiger partial charge in [0.05, 0.1) is 0 Å². The van der Waals surface area contributed by atoms with Gasteiger partial charge in [0.1, 0.15) is 12.4 Å². The van der Waals surface area contributed by atoms with Gasteiger partial charge in [0.15, 0.2) is 0 Å². The number of nitrogens with zero attached hydrogens (tertiary/aromatic N) is 3. The van der Waals surface area contributed by atoms with Crippen molar-refractivity contribution >= 4 is 17.1 Å². The molecule has 0 radical (unpaired) electrons. The van der Waals surface area contributed by atoms with Crippen LogP contribution in [0.3, 0.4) is 0 Å². The maximum atomic E-state index is 6.61. The summed E-state index contributed by atoms with van der Waals surface area (Å²) in [5.74, 6) is 0.968. The molecule has 0 heterocycles. The van der Waals surface area contributed by atoms with Crippen LogP contribution < -0.4 is 19.4 Å². The smallest absolute Gasteiger partial charge is 0.126 e. The summed E-state index contributed by atoms with van der Waals surface area (Å²) in [6, 6.07) is 34.9. The molecule has 38 heavy (non-hydrogen) atoms. The Bertz CT molecular complexity index is 1230. The van der Waals surface area contributed by atoms with E-state index in [1.54, 1.807) is 0 Å². The van der Waals surface area contributed by atoms with Crippen LogP contribution in [0.5, 0.6) is 5.75 Å². The van der Waals surface area contributed by atoms with Gasteiger partial charge in [0, 0.05) is 75.9 Å². The minimum Gasteiger partial charge on any atom is -0.489 e. The second-order valence-corrected chi connectivity index (χ2v) is 10.1. The second-order valence-electron chi connectivity index (χ2n) is 10.1. The van der Waals surface area contributed by atoms with Crippen molar-refractivity contribution < 1.29 is 4.74 Å². The first-order valence-corrected chi connectivity index (χ1v) is 13.5. The van der Waals surface area contributed by atoms with Gasteiger partial charge in [-0.15, -0.1) is 0 Å². The van der Waals surface area contributed by atoms with E-state index < -0.39 is 0 Å². The Morgan fingerprint density at radius 1 is 0.605 bits per heavy atom. The second kappa shape index (κ2) is 12.6. The highest BCUT2D eigenvalue weighted by Gasteiger charge is 2.22. The summed E-state index contributed by atoms with van der Waals surface area (Å²) in [5, 5.41) is 0. The van der Waals surface area contributed by atoms with Crippen molar-refractivity contribution in [3.05, 3.63) is 119 Å². The number of hydrogen-bond donors (Lipinski definition) is 0. The number of rotatable bonds is 11. The van der Waals surface area contributed by atoms with E-state index in [1.165, 1.54) is 33.8 Å². The van der Waals surface area contributed by atoms with E-state index >= 15 is 0 Å². The zero-order chi connectivity index (χ0) is 27.1. The van der Waals surface area contributed by atoms with Gasteiger partial charge in [-0.1, -0.05) is 60.7 Å². The molecule has 0 bridgehead atoms. The fourth-order valence-corrected chi connectivity index (χ4v) is 4.89. The Morgan fingerprint density at radius 3 is 1.58 bits per heavy atom. The van der Waals surface area contributed by atoms with Gasteiger partial charge in [-0.2, -0.15) is 0 Å². The van der Waals surface area contributed by atoms with Gasteiger partial charge in [-0.3, -0.25) is 0 Å². The fourth-order valence-electron chi connectivity index (χ4n) is 4.89. The summed E-state index contributed by atoms with van der Waals surface area (Å²) in [4.78, 5) is 6.64. The Hall–Kier alpha value is -3.92. The van der Waals surface area contributed by atoms with Crippen molar-refractivity contribution in [3.63, 3.8) is 0 Å². The van der Waals surface area contributed by atoms with Crippen molar-refractivity contribution in [2.24, 2.45) is 0 Å². The molecule has 0 saturated carbocycles. The van der Waals surface area contributed by atoms with Gasteiger partial charge in [-0.25, -0.2) is 0 Å². The molecule has 4 nitrogen and oxygen atoms in total. The molecule has 0 spiro atoms. The van der Waals surface area contributed by atoms with E-state index in [-0.39, 0.29) is 5.92 Å². The molecule has 0 aromatic heterocycles. The lowest BCUT2D eigenvalue weighted by atomic mass is 9.84. The zero-order valence-corrected chi connectivity index (χ0v) is 23.7. The highest BCUT2D eigenvalue weighted by Crippen LogP contribution is 2.40. The van der Waals surface area contributed by atoms with Crippen LogP contribution in [0.4, 0.5) is 17.1 Å². The Balaban J connectivity index is 1.83. The first-order chi connectivity index (χ1) is 18.4. The van der Waals surface area contributed by atoms with Gasteiger partial charge in [0.2, 0.25) is 0 Å².